The molecule has 0 radical (unpaired) electrons. The Morgan fingerprint density at radius 2 is 1.78 bits per heavy atom. The number of hydrogen-bond donors (Lipinski definition) is 2. The summed E-state index contributed by atoms with van der Waals surface area (Å²) in [6.07, 6.45) is 1.70. The number of nitrogens with one attached hydrogen (secondary N) is 2. The molecule has 37 heavy (non-hydrogen) atoms. The van der Waals surface area contributed by atoms with E-state index in [0.717, 1.165) is 50.3 Å². The minimum atomic E-state index is -3.13. The maximum atomic E-state index is 13.5. The summed E-state index contributed by atoms with van der Waals surface area (Å²) in [5.74, 6) is -0.220. The highest BCUT2D eigenvalue weighted by Crippen LogP contribution is 2.34. The fraction of sp³-hybridized carbons (Fsp3) is 0.250. The molecule has 1 amide bonds. The second-order valence-corrected chi connectivity index (χ2v) is 11.7. The van der Waals surface area contributed by atoms with Gasteiger partial charge in [0, 0.05) is 42.2 Å². The van der Waals surface area contributed by atoms with Crippen LogP contribution in [0.2, 0.25) is 0 Å². The van der Waals surface area contributed by atoms with Crippen LogP contribution in [0.3, 0.4) is 0 Å². The monoisotopic (exact) mass is 516 g/mol. The van der Waals surface area contributed by atoms with Crippen LogP contribution in [-0.2, 0) is 34.9 Å². The molecule has 3 heterocycles. The number of carbonyl (C=O) groups excluding carboxylic acids is 1. The van der Waals surface area contributed by atoms with Crippen molar-refractivity contribution in [1.29, 1.82) is 0 Å². The first-order valence-corrected chi connectivity index (χ1v) is 13.8. The first-order valence-electron chi connectivity index (χ1n) is 12.0. The third-order valence-electron chi connectivity index (χ3n) is 6.96. The van der Waals surface area contributed by atoms with E-state index in [1.54, 1.807) is 10.9 Å². The van der Waals surface area contributed by atoms with Crippen molar-refractivity contribution in [2.45, 2.75) is 38.8 Å². The van der Waals surface area contributed by atoms with E-state index in [9.17, 15) is 18.0 Å². The van der Waals surface area contributed by atoms with Gasteiger partial charge in [-0.2, -0.15) is 5.10 Å². The minimum Gasteiger partial charge on any atom is -0.348 e. The summed E-state index contributed by atoms with van der Waals surface area (Å²) in [5, 5.41) is 7.20. The standard InChI is InChI=1S/C28H28N4O4S/c1-16-9-17(2)31-28(34)25(16)13-29-27(33)24-12-21(11-23(18(24)3)26-7-8-30-32(26)4)19-5-6-20-14-37(35,36)15-22(20)10-19/h5-12H,13-15H2,1-4H3,(H,29,33)(H,31,34). The highest BCUT2D eigenvalue weighted by atomic mass is 32.2. The largest absolute Gasteiger partial charge is 0.348 e. The Bertz CT molecular complexity index is 1730. The van der Waals surface area contributed by atoms with Crippen molar-refractivity contribution in [2.24, 2.45) is 7.05 Å². The Balaban J connectivity index is 1.57. The summed E-state index contributed by atoms with van der Waals surface area (Å²) in [7, 11) is -1.29. The molecule has 0 unspecified atom stereocenters. The lowest BCUT2D eigenvalue weighted by molar-refractivity contribution is 0.0950. The highest BCUT2D eigenvalue weighted by Gasteiger charge is 2.25. The molecule has 0 spiro atoms. The van der Waals surface area contributed by atoms with Gasteiger partial charge in [-0.05, 0) is 84.5 Å². The van der Waals surface area contributed by atoms with Crippen LogP contribution < -0.4 is 10.9 Å². The molecule has 190 valence electrons. The van der Waals surface area contributed by atoms with Crippen molar-refractivity contribution in [1.82, 2.24) is 20.1 Å². The molecule has 1 aliphatic rings. The Hall–Kier alpha value is -3.98. The van der Waals surface area contributed by atoms with Gasteiger partial charge < -0.3 is 10.3 Å². The molecule has 0 saturated heterocycles. The van der Waals surface area contributed by atoms with Gasteiger partial charge in [-0.25, -0.2) is 8.42 Å². The maximum Gasteiger partial charge on any atom is 0.253 e. The Labute approximate surface area is 215 Å². The molecule has 0 aliphatic carbocycles. The van der Waals surface area contributed by atoms with Gasteiger partial charge in [-0.1, -0.05) is 12.1 Å². The van der Waals surface area contributed by atoms with Gasteiger partial charge in [0.05, 0.1) is 17.2 Å². The molecule has 0 atom stereocenters. The van der Waals surface area contributed by atoms with E-state index in [0.29, 0.717) is 11.1 Å². The molecule has 0 bridgehead atoms. The number of amides is 1. The highest BCUT2D eigenvalue weighted by molar-refractivity contribution is 7.90. The molecule has 4 aromatic rings. The number of carbonyl (C=O) groups is 1. The fourth-order valence-corrected chi connectivity index (χ4v) is 6.59. The van der Waals surface area contributed by atoms with Crippen LogP contribution in [0, 0.1) is 20.8 Å². The molecule has 0 saturated carbocycles. The molecule has 2 aromatic heterocycles. The zero-order chi connectivity index (χ0) is 26.5. The molecule has 2 aromatic carbocycles. The molecule has 9 heteroatoms. The topological polar surface area (TPSA) is 114 Å². The normalized spacial score (nSPS) is 13.9. The van der Waals surface area contributed by atoms with E-state index >= 15 is 0 Å². The van der Waals surface area contributed by atoms with Crippen LogP contribution in [0.5, 0.6) is 0 Å². The van der Waals surface area contributed by atoms with Crippen LogP contribution >= 0.6 is 0 Å². The number of aromatic amines is 1. The average Bonchev–Trinajstić information content (AvgIpc) is 3.38. The number of H-pyrrole nitrogens is 1. The lowest BCUT2D eigenvalue weighted by atomic mass is 9.92. The van der Waals surface area contributed by atoms with Gasteiger partial charge in [-0.3, -0.25) is 14.3 Å². The van der Waals surface area contributed by atoms with Gasteiger partial charge in [-0.15, -0.1) is 0 Å². The predicted octanol–water partition coefficient (Wildman–Crippen LogP) is 3.73. The summed E-state index contributed by atoms with van der Waals surface area (Å²) >= 11 is 0. The predicted molar refractivity (Wildman–Crippen MR) is 143 cm³/mol. The van der Waals surface area contributed by atoms with Crippen LogP contribution in [-0.4, -0.2) is 29.1 Å². The summed E-state index contributed by atoms with van der Waals surface area (Å²) in [6, 6.07) is 13.2. The van der Waals surface area contributed by atoms with E-state index in [4.69, 9.17) is 0 Å². The summed E-state index contributed by atoms with van der Waals surface area (Å²) < 4.78 is 26.0. The second kappa shape index (κ2) is 9.15. The number of nitrogens with zero attached hydrogens (tertiary/aromatic N) is 2. The first kappa shape index (κ1) is 24.7. The number of hydrogen-bond acceptors (Lipinski definition) is 5. The first-order chi connectivity index (χ1) is 17.5. The molecular formula is C28H28N4O4S. The molecule has 1 aliphatic heterocycles. The molecule has 5 rings (SSSR count). The minimum absolute atomic E-state index is 0.0222. The number of fused-ring (bicyclic) bond motifs is 1. The van der Waals surface area contributed by atoms with Crippen LogP contribution in [0.1, 0.15) is 43.9 Å². The number of pyridine rings is 1. The average molecular weight is 517 g/mol. The van der Waals surface area contributed by atoms with Crippen molar-refractivity contribution >= 4 is 15.7 Å². The molecular weight excluding hydrogens is 488 g/mol. The van der Waals surface area contributed by atoms with Crippen molar-refractivity contribution < 1.29 is 13.2 Å². The van der Waals surface area contributed by atoms with Crippen molar-refractivity contribution in [3.05, 3.63) is 98.1 Å². The SMILES string of the molecule is Cc1cc(C)c(CNC(=O)c2cc(-c3ccc4c(c3)CS(=O)(=O)C4)cc(-c3ccnn3C)c2C)c(=O)[nH]1. The smallest absolute Gasteiger partial charge is 0.253 e. The van der Waals surface area contributed by atoms with Crippen molar-refractivity contribution in [3.8, 4) is 22.4 Å². The zero-order valence-electron chi connectivity index (χ0n) is 21.2. The van der Waals surface area contributed by atoms with Crippen LogP contribution in [0.4, 0.5) is 0 Å². The van der Waals surface area contributed by atoms with Crippen molar-refractivity contribution in [2.75, 3.05) is 0 Å². The van der Waals surface area contributed by atoms with Gasteiger partial charge in [0.1, 0.15) is 0 Å². The summed E-state index contributed by atoms with van der Waals surface area (Å²) in [4.78, 5) is 28.7. The fourth-order valence-electron chi connectivity index (χ4n) is 4.99. The number of aromatic nitrogens is 3. The molecule has 2 N–H and O–H groups in total. The van der Waals surface area contributed by atoms with Crippen molar-refractivity contribution in [3.63, 3.8) is 0 Å². The third kappa shape index (κ3) is 4.74. The Morgan fingerprint density at radius 3 is 2.49 bits per heavy atom. The van der Waals surface area contributed by atoms with Crippen LogP contribution in [0.25, 0.3) is 22.4 Å². The number of rotatable bonds is 5. The van der Waals surface area contributed by atoms with Gasteiger partial charge in [0.15, 0.2) is 9.84 Å². The van der Waals surface area contributed by atoms with Crippen LogP contribution in [0.15, 0.2) is 53.5 Å². The number of aryl methyl sites for hydroxylation is 3. The van der Waals surface area contributed by atoms with E-state index in [1.165, 1.54) is 0 Å². The van der Waals surface area contributed by atoms with E-state index in [1.807, 2.05) is 70.3 Å². The maximum absolute atomic E-state index is 13.5. The second-order valence-electron chi connectivity index (χ2n) is 9.68. The quantitative estimate of drug-likeness (QED) is 0.420. The van der Waals surface area contributed by atoms with Gasteiger partial charge >= 0.3 is 0 Å². The Kier molecular flexibility index (Phi) is 6.11. The van der Waals surface area contributed by atoms with Gasteiger partial charge in [0.2, 0.25) is 0 Å². The summed E-state index contributed by atoms with van der Waals surface area (Å²) in [6.45, 7) is 5.66. The summed E-state index contributed by atoms with van der Waals surface area (Å²) in [5.41, 5.74) is 8.07. The number of sulfone groups is 1. The lowest BCUT2D eigenvalue weighted by Gasteiger charge is -2.16. The zero-order valence-corrected chi connectivity index (χ0v) is 22.0. The van der Waals surface area contributed by atoms with E-state index < -0.39 is 9.84 Å². The van der Waals surface area contributed by atoms with E-state index in [2.05, 4.69) is 15.4 Å². The Morgan fingerprint density at radius 1 is 1.03 bits per heavy atom. The molecule has 8 nitrogen and oxygen atoms in total. The lowest BCUT2D eigenvalue weighted by Crippen LogP contribution is -2.28. The molecule has 0 fully saturated rings. The van der Waals surface area contributed by atoms with E-state index in [-0.39, 0.29) is 29.5 Å². The number of benzene rings is 2. The third-order valence-corrected chi connectivity index (χ3v) is 8.46. The van der Waals surface area contributed by atoms with Gasteiger partial charge in [0.25, 0.3) is 11.5 Å².